The molecule has 0 atom stereocenters. The van der Waals surface area contributed by atoms with Crippen molar-refractivity contribution < 1.29 is 0 Å². The summed E-state index contributed by atoms with van der Waals surface area (Å²) in [6.45, 7) is 7.85. The summed E-state index contributed by atoms with van der Waals surface area (Å²) in [5.41, 5.74) is 2.02. The van der Waals surface area contributed by atoms with Gasteiger partial charge in [0.25, 0.3) is 0 Å². The summed E-state index contributed by atoms with van der Waals surface area (Å²) in [5.74, 6) is 0. The van der Waals surface area contributed by atoms with Crippen molar-refractivity contribution in [1.82, 2.24) is 9.97 Å². The highest BCUT2D eigenvalue weighted by Gasteiger charge is 1.92. The van der Waals surface area contributed by atoms with Gasteiger partial charge >= 0.3 is 0 Å². The first-order chi connectivity index (χ1) is 8.59. The molecule has 0 bridgehead atoms. The molecule has 2 aromatic rings. The van der Waals surface area contributed by atoms with Crippen molar-refractivity contribution in [2.45, 2.75) is 27.7 Å². The largest absolute Gasteiger partial charge is 0.261 e. The number of halogens is 2. The topological polar surface area (TPSA) is 25.8 Å². The third-order valence-corrected chi connectivity index (χ3v) is 2.47. The van der Waals surface area contributed by atoms with Gasteiger partial charge in [0.1, 0.15) is 0 Å². The Balaban J connectivity index is 0.000000289. The van der Waals surface area contributed by atoms with E-state index in [1.54, 1.807) is 24.7 Å². The first-order valence-electron chi connectivity index (χ1n) is 5.74. The van der Waals surface area contributed by atoms with Gasteiger partial charge in [0, 0.05) is 28.6 Å². The van der Waals surface area contributed by atoms with E-state index in [9.17, 15) is 0 Å². The molecule has 0 fully saturated rings. The maximum Gasteiger partial charge on any atom is 0.0555 e. The normalized spacial score (nSPS) is 8.56. The van der Waals surface area contributed by atoms with Crippen LogP contribution in [0.5, 0.6) is 0 Å². The van der Waals surface area contributed by atoms with E-state index in [0.717, 1.165) is 16.3 Å². The molecule has 0 aliphatic heterocycles. The van der Waals surface area contributed by atoms with Gasteiger partial charge in [0.2, 0.25) is 0 Å². The van der Waals surface area contributed by atoms with Gasteiger partial charge in [-0.15, -0.1) is 0 Å². The standard InChI is InChI=1S/C7H6Cl2.C5H6N2.C2H6/c1-5-2-3-6(8)4-7(5)9;1-5-4-6-2-3-7-5;1-2/h2-4H,1H3;2-4H,1H3;1-2H3. The first kappa shape index (κ1) is 16.9. The molecule has 18 heavy (non-hydrogen) atoms. The van der Waals surface area contributed by atoms with Crippen molar-refractivity contribution in [2.75, 3.05) is 0 Å². The van der Waals surface area contributed by atoms with E-state index in [1.807, 2.05) is 39.8 Å². The minimum Gasteiger partial charge on any atom is -0.261 e. The molecule has 0 N–H and O–H groups in total. The summed E-state index contributed by atoms with van der Waals surface area (Å²) < 4.78 is 0. The maximum atomic E-state index is 5.73. The Kier molecular flexibility index (Phi) is 9.25. The summed E-state index contributed by atoms with van der Waals surface area (Å²) in [5, 5.41) is 1.41. The minimum atomic E-state index is 0.686. The second-order valence-electron chi connectivity index (χ2n) is 3.24. The number of aromatic nitrogens is 2. The van der Waals surface area contributed by atoms with E-state index in [-0.39, 0.29) is 0 Å². The number of nitrogens with zero attached hydrogens (tertiary/aromatic N) is 2. The highest BCUT2D eigenvalue weighted by molar-refractivity contribution is 6.35. The number of rotatable bonds is 0. The fraction of sp³-hybridized carbons (Fsp3) is 0.286. The molecule has 1 aromatic heterocycles. The molecule has 0 spiro atoms. The smallest absolute Gasteiger partial charge is 0.0555 e. The lowest BCUT2D eigenvalue weighted by Gasteiger charge is -1.94. The summed E-state index contributed by atoms with van der Waals surface area (Å²) in [6, 6.07) is 5.45. The van der Waals surface area contributed by atoms with Crippen LogP contribution < -0.4 is 0 Å². The Bertz CT molecular complexity index is 445. The maximum absolute atomic E-state index is 5.73. The molecule has 0 amide bonds. The van der Waals surface area contributed by atoms with Crippen LogP contribution in [-0.4, -0.2) is 9.97 Å². The highest BCUT2D eigenvalue weighted by Crippen LogP contribution is 2.19. The highest BCUT2D eigenvalue weighted by atomic mass is 35.5. The van der Waals surface area contributed by atoms with Gasteiger partial charge in [-0.3, -0.25) is 9.97 Å². The molecule has 0 aliphatic carbocycles. The lowest BCUT2D eigenvalue weighted by atomic mass is 10.2. The van der Waals surface area contributed by atoms with E-state index in [2.05, 4.69) is 9.97 Å². The molecular formula is C14H18Cl2N2. The average Bonchev–Trinajstić information content (AvgIpc) is 2.38. The first-order valence-corrected chi connectivity index (χ1v) is 6.49. The van der Waals surface area contributed by atoms with E-state index in [4.69, 9.17) is 23.2 Å². The van der Waals surface area contributed by atoms with Crippen LogP contribution in [0, 0.1) is 13.8 Å². The Morgan fingerprint density at radius 3 is 2.00 bits per heavy atom. The fourth-order valence-corrected chi connectivity index (χ4v) is 1.35. The molecule has 0 saturated heterocycles. The van der Waals surface area contributed by atoms with E-state index in [1.165, 1.54) is 0 Å². The number of hydrogen-bond acceptors (Lipinski definition) is 2. The van der Waals surface area contributed by atoms with Crippen LogP contribution in [0.15, 0.2) is 36.8 Å². The zero-order valence-electron chi connectivity index (χ0n) is 11.1. The Morgan fingerprint density at radius 2 is 1.67 bits per heavy atom. The second kappa shape index (κ2) is 9.86. The van der Waals surface area contributed by atoms with E-state index in [0.29, 0.717) is 5.02 Å². The van der Waals surface area contributed by atoms with Gasteiger partial charge in [-0.2, -0.15) is 0 Å². The van der Waals surface area contributed by atoms with Gasteiger partial charge < -0.3 is 0 Å². The predicted octanol–water partition coefficient (Wildman–Crippen LogP) is 5.11. The van der Waals surface area contributed by atoms with Crippen LogP contribution in [0.3, 0.4) is 0 Å². The van der Waals surface area contributed by atoms with Crippen LogP contribution in [0.25, 0.3) is 0 Å². The predicted molar refractivity (Wildman–Crippen MR) is 79.3 cm³/mol. The van der Waals surface area contributed by atoms with E-state index < -0.39 is 0 Å². The van der Waals surface area contributed by atoms with Gasteiger partial charge in [0.05, 0.1) is 5.69 Å². The van der Waals surface area contributed by atoms with Gasteiger partial charge in [-0.05, 0) is 31.5 Å². The van der Waals surface area contributed by atoms with Crippen molar-refractivity contribution in [3.63, 3.8) is 0 Å². The van der Waals surface area contributed by atoms with Crippen molar-refractivity contribution in [3.8, 4) is 0 Å². The minimum absolute atomic E-state index is 0.686. The molecule has 0 radical (unpaired) electrons. The van der Waals surface area contributed by atoms with Crippen LogP contribution in [-0.2, 0) is 0 Å². The zero-order valence-corrected chi connectivity index (χ0v) is 12.6. The lowest BCUT2D eigenvalue weighted by Crippen LogP contribution is -1.77. The van der Waals surface area contributed by atoms with Crippen LogP contribution in [0.1, 0.15) is 25.1 Å². The third kappa shape index (κ3) is 7.25. The van der Waals surface area contributed by atoms with Gasteiger partial charge in [-0.25, -0.2) is 0 Å². The average molecular weight is 285 g/mol. The monoisotopic (exact) mass is 284 g/mol. The molecule has 1 heterocycles. The van der Waals surface area contributed by atoms with Gasteiger partial charge in [-0.1, -0.05) is 43.1 Å². The molecule has 2 rings (SSSR count). The Morgan fingerprint density at radius 1 is 1.00 bits per heavy atom. The summed E-state index contributed by atoms with van der Waals surface area (Å²) in [4.78, 5) is 7.74. The van der Waals surface area contributed by atoms with Crippen molar-refractivity contribution in [3.05, 3.63) is 58.1 Å². The third-order valence-electron chi connectivity index (χ3n) is 1.83. The van der Waals surface area contributed by atoms with Crippen molar-refractivity contribution in [2.24, 2.45) is 0 Å². The van der Waals surface area contributed by atoms with Crippen LogP contribution in [0.2, 0.25) is 10.0 Å². The fourth-order valence-electron chi connectivity index (χ4n) is 0.941. The van der Waals surface area contributed by atoms with Crippen molar-refractivity contribution in [1.29, 1.82) is 0 Å². The molecule has 0 aliphatic rings. The molecule has 0 unspecified atom stereocenters. The summed E-state index contributed by atoms with van der Waals surface area (Å²) in [7, 11) is 0. The second-order valence-corrected chi connectivity index (χ2v) is 4.08. The molecule has 0 saturated carbocycles. The number of hydrogen-bond donors (Lipinski definition) is 0. The van der Waals surface area contributed by atoms with Gasteiger partial charge in [0.15, 0.2) is 0 Å². The summed E-state index contributed by atoms with van der Waals surface area (Å²) >= 11 is 11.4. The molecule has 2 nitrogen and oxygen atoms in total. The molecule has 1 aromatic carbocycles. The van der Waals surface area contributed by atoms with E-state index >= 15 is 0 Å². The summed E-state index contributed by atoms with van der Waals surface area (Å²) in [6.07, 6.45) is 5.06. The molecule has 98 valence electrons. The molecule has 4 heteroatoms. The zero-order chi connectivity index (χ0) is 14.0. The Hall–Kier alpha value is -1.12. The van der Waals surface area contributed by atoms with Crippen LogP contribution >= 0.6 is 23.2 Å². The Labute approximate surface area is 119 Å². The SMILES string of the molecule is CC.Cc1ccc(Cl)cc1Cl.Cc1cnccn1. The number of benzene rings is 1. The lowest BCUT2D eigenvalue weighted by molar-refractivity contribution is 1.12. The molecular weight excluding hydrogens is 267 g/mol. The van der Waals surface area contributed by atoms with Crippen LogP contribution in [0.4, 0.5) is 0 Å². The number of aryl methyl sites for hydroxylation is 2. The quantitative estimate of drug-likeness (QED) is 0.672. The van der Waals surface area contributed by atoms with Crippen molar-refractivity contribution >= 4 is 23.2 Å².